The maximum absolute atomic E-state index is 13.0. The number of anilines is 1. The molecule has 13 heavy (non-hydrogen) atoms. The van der Waals surface area contributed by atoms with Crippen LogP contribution in [-0.2, 0) is 4.79 Å². The molecule has 0 heterocycles. The Balaban J connectivity index is 3.17. The highest BCUT2D eigenvalue weighted by molar-refractivity contribution is 9.10. The third-order valence-corrected chi connectivity index (χ3v) is 2.01. The second-order valence-electron chi connectivity index (χ2n) is 2.40. The SMILES string of the molecule is CC(=O)Nc1c(Br)ccc(F)c1F. The van der Waals surface area contributed by atoms with Crippen molar-refractivity contribution >= 4 is 27.5 Å². The Kier molecular flexibility index (Phi) is 2.98. The van der Waals surface area contributed by atoms with E-state index in [0.717, 1.165) is 6.07 Å². The quantitative estimate of drug-likeness (QED) is 0.763. The number of hydrogen-bond donors (Lipinski definition) is 1. The molecule has 1 N–H and O–H groups in total. The molecule has 0 aliphatic heterocycles. The summed E-state index contributed by atoms with van der Waals surface area (Å²) in [5.41, 5.74) is -0.174. The summed E-state index contributed by atoms with van der Waals surface area (Å²) < 4.78 is 26.0. The average molecular weight is 250 g/mol. The zero-order chi connectivity index (χ0) is 10.0. The first-order valence-electron chi connectivity index (χ1n) is 3.43. The van der Waals surface area contributed by atoms with Gasteiger partial charge in [0.25, 0.3) is 0 Å². The zero-order valence-corrected chi connectivity index (χ0v) is 8.28. The maximum atomic E-state index is 13.0. The lowest BCUT2D eigenvalue weighted by Crippen LogP contribution is -2.09. The van der Waals surface area contributed by atoms with Crippen molar-refractivity contribution in [1.82, 2.24) is 0 Å². The van der Waals surface area contributed by atoms with Crippen molar-refractivity contribution in [3.05, 3.63) is 28.2 Å². The molecule has 0 saturated carbocycles. The normalized spacial score (nSPS) is 9.85. The minimum atomic E-state index is -1.07. The second-order valence-corrected chi connectivity index (χ2v) is 3.25. The molecule has 1 aromatic rings. The standard InChI is InChI=1S/C8H6BrF2NO/c1-4(13)12-8-5(9)2-3-6(10)7(8)11/h2-3H,1H3,(H,12,13). The molecule has 0 fully saturated rings. The smallest absolute Gasteiger partial charge is 0.221 e. The van der Waals surface area contributed by atoms with Gasteiger partial charge in [0.2, 0.25) is 5.91 Å². The van der Waals surface area contributed by atoms with Crippen molar-refractivity contribution in [2.24, 2.45) is 0 Å². The van der Waals surface area contributed by atoms with Crippen molar-refractivity contribution in [2.75, 3.05) is 5.32 Å². The lowest BCUT2D eigenvalue weighted by atomic mass is 10.3. The van der Waals surface area contributed by atoms with Gasteiger partial charge in [0.15, 0.2) is 11.6 Å². The molecule has 2 nitrogen and oxygen atoms in total. The molecule has 5 heteroatoms. The predicted molar refractivity (Wildman–Crippen MR) is 48.4 cm³/mol. The first kappa shape index (κ1) is 10.1. The molecule has 1 amide bonds. The summed E-state index contributed by atoms with van der Waals surface area (Å²) in [4.78, 5) is 10.6. The molecule has 0 saturated heterocycles. The Morgan fingerprint density at radius 1 is 1.46 bits per heavy atom. The van der Waals surface area contributed by atoms with Gasteiger partial charge >= 0.3 is 0 Å². The van der Waals surface area contributed by atoms with Gasteiger partial charge in [-0.15, -0.1) is 0 Å². The van der Waals surface area contributed by atoms with Gasteiger partial charge in [0.05, 0.1) is 5.69 Å². The lowest BCUT2D eigenvalue weighted by Gasteiger charge is -2.06. The Morgan fingerprint density at radius 3 is 2.62 bits per heavy atom. The van der Waals surface area contributed by atoms with Crippen LogP contribution >= 0.6 is 15.9 Å². The summed E-state index contributed by atoms with van der Waals surface area (Å²) in [5, 5.41) is 2.18. The summed E-state index contributed by atoms with van der Waals surface area (Å²) in [6.45, 7) is 1.22. The summed E-state index contributed by atoms with van der Waals surface area (Å²) in [5.74, 6) is -2.51. The molecule has 70 valence electrons. The Hall–Kier alpha value is -0.970. The minimum Gasteiger partial charge on any atom is -0.323 e. The number of amides is 1. The van der Waals surface area contributed by atoms with E-state index >= 15 is 0 Å². The van der Waals surface area contributed by atoms with E-state index in [9.17, 15) is 13.6 Å². The largest absolute Gasteiger partial charge is 0.323 e. The van der Waals surface area contributed by atoms with E-state index in [4.69, 9.17) is 0 Å². The highest BCUT2D eigenvalue weighted by atomic mass is 79.9. The molecule has 0 spiro atoms. The van der Waals surface area contributed by atoms with Crippen LogP contribution < -0.4 is 5.32 Å². The number of rotatable bonds is 1. The van der Waals surface area contributed by atoms with Crippen molar-refractivity contribution < 1.29 is 13.6 Å². The molecule has 0 aliphatic rings. The third kappa shape index (κ3) is 2.24. The second kappa shape index (κ2) is 3.83. The summed E-state index contributed by atoms with van der Waals surface area (Å²) in [6, 6.07) is 2.30. The van der Waals surface area contributed by atoms with Crippen molar-refractivity contribution in [2.45, 2.75) is 6.92 Å². The Labute approximate surface area is 82.1 Å². The number of carbonyl (C=O) groups excluding carboxylic acids is 1. The van der Waals surface area contributed by atoms with Crippen LogP contribution in [0.15, 0.2) is 16.6 Å². The fourth-order valence-electron chi connectivity index (χ4n) is 0.818. The Morgan fingerprint density at radius 2 is 2.08 bits per heavy atom. The highest BCUT2D eigenvalue weighted by Gasteiger charge is 2.12. The van der Waals surface area contributed by atoms with Gasteiger partial charge in [-0.2, -0.15) is 0 Å². The Bertz CT molecular complexity index is 354. The van der Waals surface area contributed by atoms with Gasteiger partial charge in [0.1, 0.15) is 0 Å². The van der Waals surface area contributed by atoms with Crippen LogP contribution in [-0.4, -0.2) is 5.91 Å². The van der Waals surface area contributed by atoms with Gasteiger partial charge < -0.3 is 5.32 Å². The summed E-state index contributed by atoms with van der Waals surface area (Å²) >= 11 is 2.99. The van der Waals surface area contributed by atoms with Crippen LogP contribution in [0.2, 0.25) is 0 Å². The third-order valence-electron chi connectivity index (χ3n) is 1.35. The summed E-state index contributed by atoms with van der Waals surface area (Å²) in [6.07, 6.45) is 0. The summed E-state index contributed by atoms with van der Waals surface area (Å²) in [7, 11) is 0. The number of hydrogen-bond acceptors (Lipinski definition) is 1. The number of carbonyl (C=O) groups is 1. The minimum absolute atomic E-state index is 0.174. The topological polar surface area (TPSA) is 29.1 Å². The molecule has 0 bridgehead atoms. The molecule has 0 aromatic heterocycles. The van der Waals surface area contributed by atoms with E-state index in [1.54, 1.807) is 0 Å². The van der Waals surface area contributed by atoms with Crippen LogP contribution in [0.4, 0.5) is 14.5 Å². The van der Waals surface area contributed by atoms with Crippen LogP contribution in [0.5, 0.6) is 0 Å². The molecule has 0 aliphatic carbocycles. The predicted octanol–water partition coefficient (Wildman–Crippen LogP) is 2.69. The molecular weight excluding hydrogens is 244 g/mol. The van der Waals surface area contributed by atoms with Crippen molar-refractivity contribution in [3.63, 3.8) is 0 Å². The van der Waals surface area contributed by atoms with Crippen LogP contribution in [0, 0.1) is 11.6 Å². The van der Waals surface area contributed by atoms with E-state index in [0.29, 0.717) is 4.47 Å². The number of benzene rings is 1. The molecule has 0 radical (unpaired) electrons. The average Bonchev–Trinajstić information content (AvgIpc) is 2.05. The molecule has 1 aromatic carbocycles. The molecule has 0 atom stereocenters. The van der Waals surface area contributed by atoms with Crippen molar-refractivity contribution in [1.29, 1.82) is 0 Å². The van der Waals surface area contributed by atoms with Gasteiger partial charge in [-0.3, -0.25) is 4.79 Å². The fraction of sp³-hybridized carbons (Fsp3) is 0.125. The first-order valence-corrected chi connectivity index (χ1v) is 4.22. The van der Waals surface area contributed by atoms with Gasteiger partial charge in [-0.1, -0.05) is 0 Å². The highest BCUT2D eigenvalue weighted by Crippen LogP contribution is 2.27. The number of nitrogens with one attached hydrogen (secondary N) is 1. The zero-order valence-electron chi connectivity index (χ0n) is 6.70. The van der Waals surface area contributed by atoms with E-state index in [2.05, 4.69) is 21.2 Å². The van der Waals surface area contributed by atoms with Crippen LogP contribution in [0.25, 0.3) is 0 Å². The fourth-order valence-corrected chi connectivity index (χ4v) is 1.22. The molecule has 0 unspecified atom stereocenters. The van der Waals surface area contributed by atoms with E-state index in [1.165, 1.54) is 13.0 Å². The lowest BCUT2D eigenvalue weighted by molar-refractivity contribution is -0.114. The van der Waals surface area contributed by atoms with Crippen molar-refractivity contribution in [3.8, 4) is 0 Å². The number of halogens is 3. The van der Waals surface area contributed by atoms with Crippen LogP contribution in [0.1, 0.15) is 6.92 Å². The van der Waals surface area contributed by atoms with E-state index in [-0.39, 0.29) is 5.69 Å². The van der Waals surface area contributed by atoms with E-state index in [1.807, 2.05) is 0 Å². The van der Waals surface area contributed by atoms with Gasteiger partial charge in [0, 0.05) is 11.4 Å². The molecular formula is C8H6BrF2NO. The maximum Gasteiger partial charge on any atom is 0.221 e. The first-order chi connectivity index (χ1) is 6.02. The van der Waals surface area contributed by atoms with Gasteiger partial charge in [-0.25, -0.2) is 8.78 Å². The van der Waals surface area contributed by atoms with Gasteiger partial charge in [-0.05, 0) is 28.1 Å². The monoisotopic (exact) mass is 249 g/mol. The van der Waals surface area contributed by atoms with E-state index < -0.39 is 17.5 Å². The molecule has 1 rings (SSSR count). The van der Waals surface area contributed by atoms with Crippen LogP contribution in [0.3, 0.4) is 0 Å².